The van der Waals surface area contributed by atoms with E-state index >= 15 is 0 Å². The van der Waals surface area contributed by atoms with E-state index in [0.717, 1.165) is 23.3 Å². The molecule has 104 valence electrons. The molecular weight excluding hydrogens is 268 g/mol. The van der Waals surface area contributed by atoms with Gasteiger partial charge in [0.2, 0.25) is 0 Å². The molecule has 0 bridgehead atoms. The normalized spacial score (nSPS) is 17.9. The van der Waals surface area contributed by atoms with Crippen molar-refractivity contribution in [1.82, 2.24) is 0 Å². The van der Waals surface area contributed by atoms with E-state index in [-0.39, 0.29) is 5.78 Å². The van der Waals surface area contributed by atoms with Gasteiger partial charge < -0.3 is 4.74 Å². The molecular formula is C17H18O2S. The minimum atomic E-state index is -0.406. The Balaban J connectivity index is 2.04. The van der Waals surface area contributed by atoms with Crippen LogP contribution in [0.2, 0.25) is 0 Å². The highest BCUT2D eigenvalue weighted by Gasteiger charge is 2.42. The summed E-state index contributed by atoms with van der Waals surface area (Å²) in [5.41, 5.74) is 0.718. The Morgan fingerprint density at radius 2 is 1.80 bits per heavy atom. The second kappa shape index (κ2) is 5.51. The Labute approximate surface area is 123 Å². The topological polar surface area (TPSA) is 26.3 Å². The summed E-state index contributed by atoms with van der Waals surface area (Å²) in [6, 6.07) is 14.2. The fraction of sp³-hybridized carbons (Fsp3) is 0.353. The van der Waals surface area contributed by atoms with Crippen LogP contribution in [0.5, 0.6) is 0 Å². The van der Waals surface area contributed by atoms with E-state index in [1.807, 2.05) is 37.3 Å². The average molecular weight is 286 g/mol. The molecule has 2 nitrogen and oxygen atoms in total. The van der Waals surface area contributed by atoms with E-state index < -0.39 is 5.41 Å². The molecule has 0 saturated carbocycles. The van der Waals surface area contributed by atoms with Gasteiger partial charge in [-0.3, -0.25) is 4.79 Å². The van der Waals surface area contributed by atoms with Crippen LogP contribution in [0.3, 0.4) is 0 Å². The molecule has 0 spiro atoms. The fourth-order valence-corrected chi connectivity index (χ4v) is 3.82. The van der Waals surface area contributed by atoms with Crippen molar-refractivity contribution in [1.29, 1.82) is 0 Å². The lowest BCUT2D eigenvalue weighted by molar-refractivity contribution is 0.0426. The van der Waals surface area contributed by atoms with Crippen LogP contribution < -0.4 is 0 Å². The minimum absolute atomic E-state index is 0.255. The van der Waals surface area contributed by atoms with Crippen molar-refractivity contribution in [2.75, 3.05) is 13.2 Å². The molecule has 1 aromatic carbocycles. The van der Waals surface area contributed by atoms with Crippen LogP contribution in [-0.2, 0) is 10.2 Å². The molecule has 1 saturated heterocycles. The summed E-state index contributed by atoms with van der Waals surface area (Å²) < 4.78 is 5.49. The summed E-state index contributed by atoms with van der Waals surface area (Å²) in [5, 5.41) is 0. The van der Waals surface area contributed by atoms with Crippen molar-refractivity contribution in [3.63, 3.8) is 0 Å². The lowest BCUT2D eigenvalue weighted by Crippen LogP contribution is -2.41. The van der Waals surface area contributed by atoms with Gasteiger partial charge in [0.1, 0.15) is 0 Å². The summed E-state index contributed by atoms with van der Waals surface area (Å²) in [6.07, 6.45) is 1.54. The standard InChI is InChI=1S/C17H18O2S/c1-13-7-8-15(20-13)16(18)17(9-11-19-12-10-17)14-5-3-2-4-6-14/h2-8H,9-12H2,1H3. The van der Waals surface area contributed by atoms with Gasteiger partial charge in [0.05, 0.1) is 10.3 Å². The molecule has 0 aliphatic carbocycles. The molecule has 2 aromatic rings. The van der Waals surface area contributed by atoms with Gasteiger partial charge in [-0.05, 0) is 37.5 Å². The van der Waals surface area contributed by atoms with Gasteiger partial charge in [0.25, 0.3) is 0 Å². The monoisotopic (exact) mass is 286 g/mol. The first-order valence-electron chi connectivity index (χ1n) is 6.97. The van der Waals surface area contributed by atoms with E-state index in [1.54, 1.807) is 11.3 Å². The predicted molar refractivity (Wildman–Crippen MR) is 81.6 cm³/mol. The molecule has 0 amide bonds. The third-order valence-electron chi connectivity index (χ3n) is 4.07. The molecule has 1 aromatic heterocycles. The number of carbonyl (C=O) groups is 1. The molecule has 1 aliphatic heterocycles. The lowest BCUT2D eigenvalue weighted by atomic mass is 9.70. The van der Waals surface area contributed by atoms with Crippen LogP contribution >= 0.6 is 11.3 Å². The van der Waals surface area contributed by atoms with Crippen LogP contribution in [0.15, 0.2) is 42.5 Å². The number of aryl methyl sites for hydroxylation is 1. The van der Waals surface area contributed by atoms with Crippen molar-refractivity contribution in [3.8, 4) is 0 Å². The summed E-state index contributed by atoms with van der Waals surface area (Å²) in [6.45, 7) is 3.36. The van der Waals surface area contributed by atoms with E-state index in [9.17, 15) is 4.79 Å². The second-order valence-electron chi connectivity index (χ2n) is 5.30. The maximum absolute atomic E-state index is 13.1. The van der Waals surface area contributed by atoms with Crippen molar-refractivity contribution < 1.29 is 9.53 Å². The Hall–Kier alpha value is -1.45. The van der Waals surface area contributed by atoms with Crippen molar-refractivity contribution in [2.45, 2.75) is 25.2 Å². The average Bonchev–Trinajstić information content (AvgIpc) is 2.94. The van der Waals surface area contributed by atoms with Gasteiger partial charge in [-0.2, -0.15) is 0 Å². The molecule has 1 fully saturated rings. The summed E-state index contributed by atoms with van der Waals surface area (Å²) >= 11 is 1.59. The first kappa shape index (κ1) is 13.5. The van der Waals surface area contributed by atoms with Gasteiger partial charge in [-0.15, -0.1) is 11.3 Å². The van der Waals surface area contributed by atoms with E-state index in [0.29, 0.717) is 13.2 Å². The van der Waals surface area contributed by atoms with Crippen LogP contribution in [0.1, 0.15) is 33.0 Å². The van der Waals surface area contributed by atoms with E-state index in [1.165, 1.54) is 4.88 Å². The fourth-order valence-electron chi connectivity index (χ4n) is 2.92. The van der Waals surface area contributed by atoms with Gasteiger partial charge in [0, 0.05) is 18.1 Å². The lowest BCUT2D eigenvalue weighted by Gasteiger charge is -2.36. The first-order valence-corrected chi connectivity index (χ1v) is 7.78. The molecule has 0 unspecified atom stereocenters. The number of thiophene rings is 1. The minimum Gasteiger partial charge on any atom is -0.381 e. The highest BCUT2D eigenvalue weighted by atomic mass is 32.1. The number of ether oxygens (including phenoxy) is 1. The maximum Gasteiger partial charge on any atom is 0.183 e. The Morgan fingerprint density at radius 1 is 1.10 bits per heavy atom. The smallest absolute Gasteiger partial charge is 0.183 e. The number of ketones is 1. The first-order chi connectivity index (χ1) is 9.72. The molecule has 2 heterocycles. The quantitative estimate of drug-likeness (QED) is 0.798. The predicted octanol–water partition coefficient (Wildman–Crippen LogP) is 3.99. The zero-order chi connectivity index (χ0) is 14.0. The van der Waals surface area contributed by atoms with Crippen molar-refractivity contribution >= 4 is 17.1 Å². The molecule has 0 atom stereocenters. The maximum atomic E-state index is 13.1. The van der Waals surface area contributed by atoms with Gasteiger partial charge in [0.15, 0.2) is 5.78 Å². The molecule has 3 rings (SSSR count). The molecule has 1 aliphatic rings. The molecule has 20 heavy (non-hydrogen) atoms. The Bertz CT molecular complexity index is 594. The third-order valence-corrected chi connectivity index (χ3v) is 5.07. The highest BCUT2D eigenvalue weighted by Crippen LogP contribution is 2.39. The largest absolute Gasteiger partial charge is 0.381 e. The zero-order valence-electron chi connectivity index (χ0n) is 11.6. The summed E-state index contributed by atoms with van der Waals surface area (Å²) in [7, 11) is 0. The van der Waals surface area contributed by atoms with Crippen molar-refractivity contribution in [2.24, 2.45) is 0 Å². The van der Waals surface area contributed by atoms with E-state index in [2.05, 4.69) is 12.1 Å². The van der Waals surface area contributed by atoms with Crippen LogP contribution in [0.4, 0.5) is 0 Å². The third kappa shape index (κ3) is 2.32. The number of hydrogen-bond acceptors (Lipinski definition) is 3. The van der Waals surface area contributed by atoms with Crippen LogP contribution in [0, 0.1) is 6.92 Å². The van der Waals surface area contributed by atoms with Crippen LogP contribution in [0.25, 0.3) is 0 Å². The molecule has 0 radical (unpaired) electrons. The van der Waals surface area contributed by atoms with Gasteiger partial charge in [-0.25, -0.2) is 0 Å². The zero-order valence-corrected chi connectivity index (χ0v) is 12.4. The summed E-state index contributed by atoms with van der Waals surface area (Å²) in [4.78, 5) is 15.1. The highest BCUT2D eigenvalue weighted by molar-refractivity contribution is 7.14. The molecule has 3 heteroatoms. The number of carbonyl (C=O) groups excluding carboxylic acids is 1. The number of hydrogen-bond donors (Lipinski definition) is 0. The Morgan fingerprint density at radius 3 is 2.40 bits per heavy atom. The second-order valence-corrected chi connectivity index (χ2v) is 6.59. The van der Waals surface area contributed by atoms with E-state index in [4.69, 9.17) is 4.74 Å². The van der Waals surface area contributed by atoms with Crippen LogP contribution in [-0.4, -0.2) is 19.0 Å². The van der Waals surface area contributed by atoms with Gasteiger partial charge >= 0.3 is 0 Å². The number of Topliss-reactive ketones (excluding diaryl/α,β-unsaturated/α-hetero) is 1. The number of benzene rings is 1. The Kier molecular flexibility index (Phi) is 3.72. The van der Waals surface area contributed by atoms with Crippen molar-refractivity contribution in [3.05, 3.63) is 57.8 Å². The number of rotatable bonds is 3. The van der Waals surface area contributed by atoms with Gasteiger partial charge in [-0.1, -0.05) is 30.3 Å². The summed E-state index contributed by atoms with van der Waals surface area (Å²) in [5.74, 6) is 0.255. The SMILES string of the molecule is Cc1ccc(C(=O)C2(c3ccccc3)CCOCC2)s1. The molecule has 0 N–H and O–H groups in total.